The second kappa shape index (κ2) is 11.0. The average molecular weight is 502 g/mol. The zero-order chi connectivity index (χ0) is 24.9. The number of aromatic amines is 1. The molecule has 2 aliphatic rings. The Labute approximate surface area is 207 Å². The molecule has 4 amide bonds. The maximum atomic E-state index is 13.2. The first kappa shape index (κ1) is 24.9. The fourth-order valence-corrected chi connectivity index (χ4v) is 5.37. The van der Waals surface area contributed by atoms with E-state index in [0.29, 0.717) is 36.1 Å². The Bertz CT molecular complexity index is 1110. The van der Waals surface area contributed by atoms with Crippen molar-refractivity contribution < 1.29 is 23.9 Å². The number of rotatable bonds is 11. The van der Waals surface area contributed by atoms with Crippen molar-refractivity contribution in [1.29, 1.82) is 0 Å². The van der Waals surface area contributed by atoms with Crippen molar-refractivity contribution in [3.63, 3.8) is 0 Å². The minimum atomic E-state index is -1.00. The Hall–Kier alpha value is -3.21. The number of amides is 4. The number of nitrogens with two attached hydrogens (primary N) is 1. The number of hydrogen-bond acceptors (Lipinski definition) is 6. The molecule has 1 saturated carbocycles. The van der Waals surface area contributed by atoms with Gasteiger partial charge in [0.2, 0.25) is 11.8 Å². The van der Waals surface area contributed by atoms with E-state index in [-0.39, 0.29) is 12.3 Å². The average Bonchev–Trinajstić information content (AvgIpc) is 3.57. The molecule has 2 heterocycles. The minimum absolute atomic E-state index is 0.128. The molecule has 10 nitrogen and oxygen atoms in total. The van der Waals surface area contributed by atoms with Crippen LogP contribution in [0.3, 0.4) is 0 Å². The van der Waals surface area contributed by atoms with Crippen LogP contribution in [0.5, 0.6) is 5.75 Å². The molecular weight excluding hydrogens is 470 g/mol. The Balaban J connectivity index is 1.46. The molecule has 2 aromatic rings. The van der Waals surface area contributed by atoms with Crippen molar-refractivity contribution >= 4 is 46.3 Å². The molecule has 188 valence electrons. The van der Waals surface area contributed by atoms with Gasteiger partial charge in [0.25, 0.3) is 11.8 Å². The first-order chi connectivity index (χ1) is 16.9. The van der Waals surface area contributed by atoms with Crippen LogP contribution >= 0.6 is 11.8 Å². The summed E-state index contributed by atoms with van der Waals surface area (Å²) < 4.78 is 5.36. The Morgan fingerprint density at radius 1 is 1.23 bits per heavy atom. The summed E-state index contributed by atoms with van der Waals surface area (Å²) in [6.07, 6.45) is 3.76. The van der Waals surface area contributed by atoms with E-state index in [2.05, 4.69) is 20.9 Å². The van der Waals surface area contributed by atoms with E-state index in [0.717, 1.165) is 30.2 Å². The molecule has 1 aromatic carbocycles. The van der Waals surface area contributed by atoms with Crippen LogP contribution in [0.2, 0.25) is 0 Å². The van der Waals surface area contributed by atoms with Gasteiger partial charge in [-0.3, -0.25) is 19.2 Å². The summed E-state index contributed by atoms with van der Waals surface area (Å²) in [4.78, 5) is 53.5. The number of nitrogens with one attached hydrogen (secondary N) is 4. The van der Waals surface area contributed by atoms with Crippen LogP contribution in [0, 0.1) is 11.8 Å². The smallest absolute Gasteiger partial charge is 0.269 e. The summed E-state index contributed by atoms with van der Waals surface area (Å²) in [5, 5.41) is 8.07. The van der Waals surface area contributed by atoms with Crippen LogP contribution in [-0.2, 0) is 14.4 Å². The topological polar surface area (TPSA) is 155 Å². The van der Waals surface area contributed by atoms with Gasteiger partial charge in [0.15, 0.2) is 5.37 Å². The Kier molecular flexibility index (Phi) is 7.84. The lowest BCUT2D eigenvalue weighted by atomic mass is 9.91. The van der Waals surface area contributed by atoms with Gasteiger partial charge in [0.05, 0.1) is 7.11 Å². The molecule has 1 aromatic heterocycles. The third-order valence-electron chi connectivity index (χ3n) is 6.36. The zero-order valence-corrected chi connectivity index (χ0v) is 20.4. The van der Waals surface area contributed by atoms with Gasteiger partial charge in [0, 0.05) is 23.4 Å². The molecular formula is C24H31N5O5S. The molecule has 1 aliphatic heterocycles. The predicted octanol–water partition coefficient (Wildman–Crippen LogP) is 1.26. The number of benzene rings is 1. The fraction of sp³-hybridized carbons (Fsp3) is 0.500. The van der Waals surface area contributed by atoms with Gasteiger partial charge in [-0.2, -0.15) is 0 Å². The molecule has 0 radical (unpaired) electrons. The van der Waals surface area contributed by atoms with Crippen LogP contribution in [0.4, 0.5) is 0 Å². The molecule has 4 rings (SSSR count). The number of piperidine rings is 1. The largest absolute Gasteiger partial charge is 0.496 e. The van der Waals surface area contributed by atoms with Gasteiger partial charge < -0.3 is 31.4 Å². The number of fused-ring (bicyclic) bond motifs is 1. The third kappa shape index (κ3) is 6.27. The van der Waals surface area contributed by atoms with Gasteiger partial charge in [-0.05, 0) is 62.0 Å². The first-order valence-corrected chi connectivity index (χ1v) is 12.9. The van der Waals surface area contributed by atoms with Crippen molar-refractivity contribution in [1.82, 2.24) is 20.9 Å². The van der Waals surface area contributed by atoms with E-state index in [1.54, 1.807) is 19.2 Å². The van der Waals surface area contributed by atoms with Gasteiger partial charge in [0.1, 0.15) is 17.5 Å². The first-order valence-electron chi connectivity index (χ1n) is 11.8. The zero-order valence-electron chi connectivity index (χ0n) is 19.6. The Morgan fingerprint density at radius 3 is 2.71 bits per heavy atom. The number of carbonyl (C=O) groups is 4. The monoisotopic (exact) mass is 501 g/mol. The maximum absolute atomic E-state index is 13.2. The van der Waals surface area contributed by atoms with Crippen molar-refractivity contribution in [2.75, 3.05) is 19.4 Å². The fourth-order valence-electron chi connectivity index (χ4n) is 4.16. The highest BCUT2D eigenvalue weighted by atomic mass is 32.2. The quantitative estimate of drug-likeness (QED) is 0.292. The lowest BCUT2D eigenvalue weighted by Crippen LogP contribution is -2.53. The highest BCUT2D eigenvalue weighted by Gasteiger charge is 2.33. The van der Waals surface area contributed by atoms with Crippen molar-refractivity contribution in [2.45, 2.75) is 43.5 Å². The number of carbonyl (C=O) groups excluding carboxylic acids is 4. The van der Waals surface area contributed by atoms with Crippen LogP contribution in [0.15, 0.2) is 24.3 Å². The van der Waals surface area contributed by atoms with Crippen molar-refractivity contribution in [3.05, 3.63) is 30.0 Å². The number of aromatic nitrogens is 1. The molecule has 35 heavy (non-hydrogen) atoms. The Morgan fingerprint density at radius 2 is 2.03 bits per heavy atom. The number of ether oxygens (including phenoxy) is 1. The molecule has 1 aliphatic carbocycles. The maximum Gasteiger partial charge on any atom is 0.269 e. The number of hydrogen-bond donors (Lipinski definition) is 5. The third-order valence-corrected chi connectivity index (χ3v) is 7.69. The van der Waals surface area contributed by atoms with Gasteiger partial charge in [-0.1, -0.05) is 6.07 Å². The summed E-state index contributed by atoms with van der Waals surface area (Å²) in [5.74, 6) is -0.350. The summed E-state index contributed by atoms with van der Waals surface area (Å²) in [7, 11) is 1.56. The molecule has 11 heteroatoms. The molecule has 0 bridgehead atoms. The second-order valence-electron chi connectivity index (χ2n) is 9.06. The van der Waals surface area contributed by atoms with Crippen LogP contribution < -0.4 is 26.4 Å². The highest BCUT2D eigenvalue weighted by molar-refractivity contribution is 8.00. The van der Waals surface area contributed by atoms with Crippen LogP contribution in [-0.4, -0.2) is 59.4 Å². The summed E-state index contributed by atoms with van der Waals surface area (Å²) in [6.45, 7) is 0.606. The van der Waals surface area contributed by atoms with E-state index < -0.39 is 35.1 Å². The van der Waals surface area contributed by atoms with Crippen LogP contribution in [0.1, 0.15) is 42.6 Å². The highest BCUT2D eigenvalue weighted by Crippen LogP contribution is 2.33. The lowest BCUT2D eigenvalue weighted by molar-refractivity contribution is -0.130. The predicted molar refractivity (Wildman–Crippen MR) is 133 cm³/mol. The number of methoxy groups -OCH3 is 1. The van der Waals surface area contributed by atoms with E-state index in [1.807, 2.05) is 12.1 Å². The van der Waals surface area contributed by atoms with E-state index >= 15 is 0 Å². The lowest BCUT2D eigenvalue weighted by Gasteiger charge is -2.26. The number of H-pyrrole nitrogens is 1. The molecule has 3 atom stereocenters. The van der Waals surface area contributed by atoms with Crippen molar-refractivity contribution in [2.24, 2.45) is 17.6 Å². The van der Waals surface area contributed by atoms with Crippen LogP contribution in [0.25, 0.3) is 10.9 Å². The standard InChI is InChI=1S/C24H31N5O5S/c1-34-19-6-2-5-16-15(19)11-18(27-16)22(32)29-24(35-12-13-7-8-13)23(33)28-17(20(25)30)10-14-4-3-9-26-21(14)31/h2,5-6,11,13-14,17,24,27H,3-4,7-10,12H2,1H3,(H2,25,30)(H,26,31)(H,28,33)(H,29,32)/t14-,17-,24?/m0/s1. The minimum Gasteiger partial charge on any atom is -0.496 e. The summed E-state index contributed by atoms with van der Waals surface area (Å²) >= 11 is 1.32. The number of primary amides is 1. The van der Waals surface area contributed by atoms with E-state index in [9.17, 15) is 19.2 Å². The normalized spacial score (nSPS) is 19.5. The molecule has 1 unspecified atom stereocenters. The SMILES string of the molecule is COc1cccc2[nH]c(C(=O)NC(SCC3CC3)C(=O)N[C@@H](C[C@@H]3CCCNC3=O)C(N)=O)cc12. The summed E-state index contributed by atoms with van der Waals surface area (Å²) in [6, 6.07) is 6.13. The molecule has 0 spiro atoms. The van der Waals surface area contributed by atoms with Gasteiger partial charge in [-0.25, -0.2) is 0 Å². The molecule has 1 saturated heterocycles. The number of thioether (sulfide) groups is 1. The molecule has 2 fully saturated rings. The molecule has 6 N–H and O–H groups in total. The second-order valence-corrected chi connectivity index (χ2v) is 10.2. The summed E-state index contributed by atoms with van der Waals surface area (Å²) in [5.41, 5.74) is 6.57. The van der Waals surface area contributed by atoms with Crippen molar-refractivity contribution in [3.8, 4) is 5.75 Å². The van der Waals surface area contributed by atoms with Gasteiger partial charge in [-0.15, -0.1) is 11.8 Å². The van der Waals surface area contributed by atoms with Gasteiger partial charge >= 0.3 is 0 Å². The van der Waals surface area contributed by atoms with E-state index in [4.69, 9.17) is 10.5 Å². The van der Waals surface area contributed by atoms with E-state index in [1.165, 1.54) is 11.8 Å².